The lowest BCUT2D eigenvalue weighted by Gasteiger charge is -2.04. The summed E-state index contributed by atoms with van der Waals surface area (Å²) in [4.78, 5) is 0. The minimum atomic E-state index is -1.68. The molecule has 0 saturated heterocycles. The highest BCUT2D eigenvalue weighted by Gasteiger charge is 2.41. The van der Waals surface area contributed by atoms with E-state index in [9.17, 15) is 0 Å². The lowest BCUT2D eigenvalue weighted by Crippen LogP contribution is -2.11. The van der Waals surface area contributed by atoms with Crippen LogP contribution in [0, 0.1) is 0 Å². The maximum atomic E-state index is 5.83. The van der Waals surface area contributed by atoms with Gasteiger partial charge >= 0.3 is 0 Å². The third-order valence-corrected chi connectivity index (χ3v) is 5.16. The Bertz CT molecular complexity index is 72.2. The molecule has 7 heavy (non-hydrogen) atoms. The SMILES string of the molecule is C[Si](Cl)(Cl)C1CC1. The molecule has 1 fully saturated rings. The van der Waals surface area contributed by atoms with Crippen molar-refractivity contribution in [3.8, 4) is 0 Å². The highest BCUT2D eigenvalue weighted by molar-refractivity contribution is 7.45. The second kappa shape index (κ2) is 1.64. The molecule has 1 rings (SSSR count). The van der Waals surface area contributed by atoms with Crippen LogP contribution in [-0.4, -0.2) is 6.69 Å². The monoisotopic (exact) mass is 154 g/mol. The summed E-state index contributed by atoms with van der Waals surface area (Å²) in [7, 11) is 0. The van der Waals surface area contributed by atoms with Gasteiger partial charge in [0.15, 0.2) is 0 Å². The fourth-order valence-electron chi connectivity index (χ4n) is 0.590. The maximum Gasteiger partial charge on any atom is 0.251 e. The zero-order valence-electron chi connectivity index (χ0n) is 4.25. The predicted molar refractivity (Wildman–Crippen MR) is 36.3 cm³/mol. The number of rotatable bonds is 1. The molecule has 1 saturated carbocycles. The van der Waals surface area contributed by atoms with Crippen LogP contribution in [0.25, 0.3) is 0 Å². The van der Waals surface area contributed by atoms with Gasteiger partial charge in [-0.1, -0.05) is 12.8 Å². The summed E-state index contributed by atoms with van der Waals surface area (Å²) in [6.07, 6.45) is 2.55. The Kier molecular flexibility index (Phi) is 1.39. The molecule has 0 amide bonds. The van der Waals surface area contributed by atoms with Gasteiger partial charge in [0.25, 0.3) is 6.69 Å². The summed E-state index contributed by atoms with van der Waals surface area (Å²) in [5.74, 6) is 0. The van der Waals surface area contributed by atoms with Crippen molar-refractivity contribution in [2.45, 2.75) is 24.9 Å². The lowest BCUT2D eigenvalue weighted by molar-refractivity contribution is 1.41. The van der Waals surface area contributed by atoms with E-state index in [1.54, 1.807) is 0 Å². The summed E-state index contributed by atoms with van der Waals surface area (Å²) in [6.45, 7) is 0.315. The Morgan fingerprint density at radius 1 is 1.43 bits per heavy atom. The normalized spacial score (nSPS) is 22.7. The third-order valence-electron chi connectivity index (χ3n) is 1.29. The van der Waals surface area contributed by atoms with Crippen molar-refractivity contribution >= 4 is 28.9 Å². The molecule has 0 heterocycles. The molecule has 0 aromatic heterocycles. The summed E-state index contributed by atoms with van der Waals surface area (Å²) < 4.78 is 0. The standard InChI is InChI=1S/C4H8Cl2Si/c1-7(5,6)4-2-3-4/h4H,2-3H2,1H3. The molecule has 3 heteroatoms. The van der Waals surface area contributed by atoms with Crippen LogP contribution in [0.4, 0.5) is 0 Å². The van der Waals surface area contributed by atoms with Gasteiger partial charge in [-0.3, -0.25) is 0 Å². The zero-order valence-corrected chi connectivity index (χ0v) is 6.76. The van der Waals surface area contributed by atoms with Crippen LogP contribution in [0.15, 0.2) is 0 Å². The van der Waals surface area contributed by atoms with Crippen molar-refractivity contribution in [1.29, 1.82) is 0 Å². The molecule has 0 aromatic carbocycles. The van der Waals surface area contributed by atoms with Crippen molar-refractivity contribution < 1.29 is 0 Å². The average molecular weight is 155 g/mol. The van der Waals surface area contributed by atoms with Gasteiger partial charge in [0.2, 0.25) is 0 Å². The largest absolute Gasteiger partial charge is 0.251 e. The van der Waals surface area contributed by atoms with Crippen LogP contribution in [0.3, 0.4) is 0 Å². The molecule has 1 aliphatic carbocycles. The van der Waals surface area contributed by atoms with Crippen molar-refractivity contribution in [2.75, 3.05) is 0 Å². The van der Waals surface area contributed by atoms with E-state index in [1.165, 1.54) is 12.8 Å². The molecule has 42 valence electrons. The topological polar surface area (TPSA) is 0 Å². The van der Waals surface area contributed by atoms with Gasteiger partial charge in [0, 0.05) is 0 Å². The first-order valence-corrected chi connectivity index (χ1v) is 7.08. The van der Waals surface area contributed by atoms with Gasteiger partial charge in [0.1, 0.15) is 0 Å². The molecule has 0 radical (unpaired) electrons. The molecule has 0 bridgehead atoms. The number of hydrogen-bond donors (Lipinski definition) is 0. The second-order valence-electron chi connectivity index (χ2n) is 2.23. The first-order chi connectivity index (χ1) is 3.11. The molecule has 0 N–H and O–H groups in total. The summed E-state index contributed by atoms with van der Waals surface area (Å²) in [5.41, 5.74) is 0.718. The van der Waals surface area contributed by atoms with Crippen LogP contribution in [0.1, 0.15) is 12.8 Å². The van der Waals surface area contributed by atoms with E-state index < -0.39 is 6.69 Å². The van der Waals surface area contributed by atoms with Gasteiger partial charge in [-0.05, 0) is 12.1 Å². The Hall–Kier alpha value is 0.797. The quantitative estimate of drug-likeness (QED) is 0.403. The molecule has 0 aromatic rings. The summed E-state index contributed by atoms with van der Waals surface area (Å²) >= 11 is 11.7. The van der Waals surface area contributed by atoms with Crippen LogP contribution in [0.5, 0.6) is 0 Å². The lowest BCUT2D eigenvalue weighted by atomic mass is 11.0. The first kappa shape index (κ1) is 5.93. The van der Waals surface area contributed by atoms with E-state index in [0.717, 1.165) is 5.54 Å². The molecule has 0 atom stereocenters. The molecule has 1 aliphatic rings. The number of hydrogen-bond acceptors (Lipinski definition) is 0. The predicted octanol–water partition coefficient (Wildman–Crippen LogP) is 2.70. The second-order valence-corrected chi connectivity index (χ2v) is 10.3. The highest BCUT2D eigenvalue weighted by Crippen LogP contribution is 2.48. The van der Waals surface area contributed by atoms with Gasteiger partial charge in [0.05, 0.1) is 0 Å². The van der Waals surface area contributed by atoms with E-state index in [1.807, 2.05) is 6.55 Å². The smallest absolute Gasteiger partial charge is 0.146 e. The maximum absolute atomic E-state index is 5.83. The molecular weight excluding hydrogens is 147 g/mol. The van der Waals surface area contributed by atoms with Crippen LogP contribution >= 0.6 is 22.2 Å². The van der Waals surface area contributed by atoms with E-state index in [0.29, 0.717) is 0 Å². The fourth-order valence-corrected chi connectivity index (χ4v) is 3.08. The van der Waals surface area contributed by atoms with Crippen molar-refractivity contribution in [1.82, 2.24) is 0 Å². The van der Waals surface area contributed by atoms with Gasteiger partial charge in [-0.25, -0.2) is 0 Å². The van der Waals surface area contributed by atoms with E-state index in [4.69, 9.17) is 22.2 Å². The fraction of sp³-hybridized carbons (Fsp3) is 1.00. The Morgan fingerprint density at radius 3 is 1.86 bits per heavy atom. The minimum Gasteiger partial charge on any atom is -0.146 e. The molecular formula is C4H8Cl2Si. The van der Waals surface area contributed by atoms with Crippen LogP contribution < -0.4 is 0 Å². The summed E-state index contributed by atoms with van der Waals surface area (Å²) in [5, 5.41) is 0. The van der Waals surface area contributed by atoms with E-state index >= 15 is 0 Å². The molecule has 0 aliphatic heterocycles. The molecule has 0 nitrogen and oxygen atoms in total. The Labute approximate surface area is 54.2 Å². The number of halogens is 2. The van der Waals surface area contributed by atoms with E-state index in [2.05, 4.69) is 0 Å². The van der Waals surface area contributed by atoms with Crippen LogP contribution in [-0.2, 0) is 0 Å². The van der Waals surface area contributed by atoms with Gasteiger partial charge in [-0.15, -0.1) is 22.2 Å². The van der Waals surface area contributed by atoms with Crippen molar-refractivity contribution in [3.05, 3.63) is 0 Å². The van der Waals surface area contributed by atoms with Crippen molar-refractivity contribution in [3.63, 3.8) is 0 Å². The third kappa shape index (κ3) is 1.63. The Morgan fingerprint density at radius 2 is 1.86 bits per heavy atom. The van der Waals surface area contributed by atoms with Crippen molar-refractivity contribution in [2.24, 2.45) is 0 Å². The van der Waals surface area contributed by atoms with Gasteiger partial charge < -0.3 is 0 Å². The molecule has 0 unspecified atom stereocenters. The Balaban J connectivity index is 2.36. The zero-order chi connectivity index (χ0) is 5.49. The van der Waals surface area contributed by atoms with Gasteiger partial charge in [-0.2, -0.15) is 0 Å². The molecule has 0 spiro atoms. The first-order valence-electron chi connectivity index (χ1n) is 2.48. The van der Waals surface area contributed by atoms with E-state index in [-0.39, 0.29) is 0 Å². The average Bonchev–Trinajstić information content (AvgIpc) is 1.99. The summed E-state index contributed by atoms with van der Waals surface area (Å²) in [6, 6.07) is 0. The minimum absolute atomic E-state index is 0.718. The van der Waals surface area contributed by atoms with Crippen LogP contribution in [0.2, 0.25) is 12.1 Å². The highest BCUT2D eigenvalue weighted by atomic mass is 35.7.